The summed E-state index contributed by atoms with van der Waals surface area (Å²) in [6.45, 7) is 0.444. The normalized spacial score (nSPS) is 10.8. The van der Waals surface area contributed by atoms with Crippen LogP contribution in [0.2, 0.25) is 5.02 Å². The van der Waals surface area contributed by atoms with Crippen LogP contribution in [0, 0.1) is 0 Å². The number of aromatic nitrogens is 3. The molecule has 0 radical (unpaired) electrons. The van der Waals surface area contributed by atoms with E-state index in [2.05, 4.69) is 15.5 Å². The van der Waals surface area contributed by atoms with Gasteiger partial charge in [-0.15, -0.1) is 10.2 Å². The third kappa shape index (κ3) is 4.70. The third-order valence-electron chi connectivity index (χ3n) is 4.12. The van der Waals surface area contributed by atoms with Gasteiger partial charge in [-0.2, -0.15) is 0 Å². The Morgan fingerprint density at radius 2 is 1.83 bits per heavy atom. The average Bonchev–Trinajstić information content (AvgIpc) is 3.42. The first-order valence-corrected chi connectivity index (χ1v) is 10.3. The number of benzene rings is 2. The van der Waals surface area contributed by atoms with E-state index in [1.54, 1.807) is 24.5 Å². The fourth-order valence-electron chi connectivity index (χ4n) is 2.72. The average molecular weight is 425 g/mol. The van der Waals surface area contributed by atoms with Gasteiger partial charge >= 0.3 is 0 Å². The molecule has 4 aromatic rings. The fourth-order valence-corrected chi connectivity index (χ4v) is 3.63. The summed E-state index contributed by atoms with van der Waals surface area (Å²) >= 11 is 7.20. The Balaban J connectivity index is 1.47. The number of hydrogen-bond acceptors (Lipinski definition) is 5. The number of nitrogens with zero attached hydrogens (tertiary/aromatic N) is 3. The highest BCUT2D eigenvalue weighted by molar-refractivity contribution is 7.99. The molecule has 0 saturated heterocycles. The van der Waals surface area contributed by atoms with Crippen molar-refractivity contribution in [3.8, 4) is 17.3 Å². The molecule has 0 unspecified atom stereocenters. The van der Waals surface area contributed by atoms with Crippen LogP contribution in [0.5, 0.6) is 0 Å². The largest absolute Gasteiger partial charge is 0.461 e. The van der Waals surface area contributed by atoms with E-state index in [0.29, 0.717) is 28.3 Å². The van der Waals surface area contributed by atoms with E-state index in [0.717, 1.165) is 11.3 Å². The molecule has 8 heteroatoms. The number of nitrogens with one attached hydrogen (secondary N) is 1. The van der Waals surface area contributed by atoms with Crippen LogP contribution in [-0.2, 0) is 11.3 Å². The fraction of sp³-hybridized carbons (Fsp3) is 0.0952. The minimum absolute atomic E-state index is 0.0906. The number of thioether (sulfide) groups is 1. The van der Waals surface area contributed by atoms with Crippen molar-refractivity contribution < 1.29 is 9.21 Å². The maximum Gasteiger partial charge on any atom is 0.230 e. The van der Waals surface area contributed by atoms with Crippen LogP contribution in [0.15, 0.2) is 82.6 Å². The zero-order valence-electron chi connectivity index (χ0n) is 15.3. The van der Waals surface area contributed by atoms with Crippen LogP contribution in [0.3, 0.4) is 0 Å². The summed E-state index contributed by atoms with van der Waals surface area (Å²) in [6, 6.07) is 20.7. The van der Waals surface area contributed by atoms with Crippen LogP contribution < -0.4 is 5.32 Å². The van der Waals surface area contributed by atoms with Gasteiger partial charge in [-0.1, -0.05) is 53.7 Å². The molecule has 0 spiro atoms. The predicted octanol–water partition coefficient (Wildman–Crippen LogP) is 4.59. The Kier molecular flexibility index (Phi) is 5.97. The minimum atomic E-state index is -0.0906. The molecule has 0 saturated carbocycles. The topological polar surface area (TPSA) is 73.0 Å². The first kappa shape index (κ1) is 19.3. The van der Waals surface area contributed by atoms with Gasteiger partial charge < -0.3 is 9.73 Å². The molecule has 0 fully saturated rings. The number of hydrogen-bond donors (Lipinski definition) is 1. The van der Waals surface area contributed by atoms with Crippen molar-refractivity contribution in [2.45, 2.75) is 11.7 Å². The first-order chi connectivity index (χ1) is 14.2. The zero-order chi connectivity index (χ0) is 20.1. The lowest BCUT2D eigenvalue weighted by Crippen LogP contribution is -2.24. The number of para-hydroxylation sites is 1. The summed E-state index contributed by atoms with van der Waals surface area (Å²) < 4.78 is 7.38. The smallest absolute Gasteiger partial charge is 0.230 e. The number of carbonyl (C=O) groups excluding carboxylic acids is 1. The van der Waals surface area contributed by atoms with E-state index < -0.39 is 0 Å². The van der Waals surface area contributed by atoms with E-state index >= 15 is 0 Å². The summed E-state index contributed by atoms with van der Waals surface area (Å²) in [6.07, 6.45) is 1.59. The molecule has 0 aliphatic carbocycles. The second-order valence-corrected chi connectivity index (χ2v) is 7.53. The van der Waals surface area contributed by atoms with Crippen LogP contribution in [0.25, 0.3) is 17.3 Å². The van der Waals surface area contributed by atoms with E-state index in [-0.39, 0.29) is 11.7 Å². The summed E-state index contributed by atoms with van der Waals surface area (Å²) in [4.78, 5) is 12.3. The lowest BCUT2D eigenvalue weighted by atomic mass is 10.2. The van der Waals surface area contributed by atoms with E-state index in [9.17, 15) is 4.79 Å². The van der Waals surface area contributed by atoms with Crippen molar-refractivity contribution in [3.63, 3.8) is 0 Å². The van der Waals surface area contributed by atoms with Gasteiger partial charge in [0.05, 0.1) is 12.0 Å². The van der Waals surface area contributed by atoms with Gasteiger partial charge in [0.1, 0.15) is 0 Å². The molecule has 0 aliphatic rings. The molecule has 29 heavy (non-hydrogen) atoms. The second kappa shape index (κ2) is 8.98. The molecule has 4 rings (SSSR count). The summed E-state index contributed by atoms with van der Waals surface area (Å²) in [5, 5.41) is 12.7. The van der Waals surface area contributed by atoms with Crippen molar-refractivity contribution in [2.24, 2.45) is 0 Å². The molecule has 2 heterocycles. The lowest BCUT2D eigenvalue weighted by Gasteiger charge is -2.09. The highest BCUT2D eigenvalue weighted by Gasteiger charge is 2.18. The number of halogens is 1. The molecule has 146 valence electrons. The number of carbonyl (C=O) groups is 1. The van der Waals surface area contributed by atoms with Crippen molar-refractivity contribution in [2.75, 3.05) is 5.75 Å². The Bertz CT molecular complexity index is 1080. The maximum absolute atomic E-state index is 12.3. The quantitative estimate of drug-likeness (QED) is 0.439. The van der Waals surface area contributed by atoms with E-state index in [1.807, 2.05) is 53.1 Å². The number of rotatable bonds is 7. The summed E-state index contributed by atoms with van der Waals surface area (Å²) in [7, 11) is 0. The summed E-state index contributed by atoms with van der Waals surface area (Å²) in [5.41, 5.74) is 1.88. The molecule has 0 aliphatic heterocycles. The van der Waals surface area contributed by atoms with Gasteiger partial charge in [0.2, 0.25) is 11.7 Å². The van der Waals surface area contributed by atoms with Gasteiger partial charge in [-0.05, 0) is 42.0 Å². The molecular weight excluding hydrogens is 408 g/mol. The van der Waals surface area contributed by atoms with Crippen molar-refractivity contribution in [3.05, 3.63) is 83.6 Å². The van der Waals surface area contributed by atoms with Gasteiger partial charge in [0.25, 0.3) is 0 Å². The highest BCUT2D eigenvalue weighted by Crippen LogP contribution is 2.28. The van der Waals surface area contributed by atoms with Crippen molar-refractivity contribution >= 4 is 29.3 Å². The second-order valence-electron chi connectivity index (χ2n) is 6.15. The minimum Gasteiger partial charge on any atom is -0.461 e. The highest BCUT2D eigenvalue weighted by atomic mass is 35.5. The van der Waals surface area contributed by atoms with Crippen molar-refractivity contribution in [1.29, 1.82) is 0 Å². The van der Waals surface area contributed by atoms with Gasteiger partial charge in [0, 0.05) is 17.3 Å². The lowest BCUT2D eigenvalue weighted by molar-refractivity contribution is -0.118. The number of furan rings is 1. The van der Waals surface area contributed by atoms with Crippen molar-refractivity contribution in [1.82, 2.24) is 20.1 Å². The van der Waals surface area contributed by atoms with E-state index in [1.165, 1.54) is 11.8 Å². The molecule has 0 bridgehead atoms. The molecular formula is C21H17ClN4O2S. The van der Waals surface area contributed by atoms with Gasteiger partial charge in [0.15, 0.2) is 10.9 Å². The molecule has 2 aromatic carbocycles. The van der Waals surface area contributed by atoms with E-state index in [4.69, 9.17) is 16.0 Å². The maximum atomic E-state index is 12.3. The standard InChI is InChI=1S/C21H17ClN4O2S/c22-16-10-8-15(9-11-16)13-23-19(27)14-29-21-25-24-20(18-7-4-12-28-18)26(21)17-5-2-1-3-6-17/h1-12H,13-14H2,(H,23,27). The molecule has 1 N–H and O–H groups in total. The SMILES string of the molecule is O=C(CSc1nnc(-c2ccco2)n1-c1ccccc1)NCc1ccc(Cl)cc1. The first-order valence-electron chi connectivity index (χ1n) is 8.89. The van der Waals surface area contributed by atoms with Gasteiger partial charge in [-0.25, -0.2) is 0 Å². The Labute approximate surface area is 176 Å². The molecule has 1 amide bonds. The number of amides is 1. The Morgan fingerprint density at radius 1 is 1.03 bits per heavy atom. The van der Waals surface area contributed by atoms with Gasteiger partial charge in [-0.3, -0.25) is 9.36 Å². The molecule has 2 aromatic heterocycles. The zero-order valence-corrected chi connectivity index (χ0v) is 16.9. The van der Waals surface area contributed by atoms with Crippen LogP contribution in [0.1, 0.15) is 5.56 Å². The van der Waals surface area contributed by atoms with Crippen LogP contribution >= 0.6 is 23.4 Å². The molecule has 6 nitrogen and oxygen atoms in total. The predicted molar refractivity (Wildman–Crippen MR) is 113 cm³/mol. The summed E-state index contributed by atoms with van der Waals surface area (Å²) in [5.74, 6) is 1.33. The van der Waals surface area contributed by atoms with Crippen LogP contribution in [-0.4, -0.2) is 26.4 Å². The third-order valence-corrected chi connectivity index (χ3v) is 5.31. The Hall–Kier alpha value is -3.03. The monoisotopic (exact) mass is 424 g/mol. The molecule has 0 atom stereocenters. The Morgan fingerprint density at radius 3 is 2.55 bits per heavy atom. The van der Waals surface area contributed by atoms with Crippen LogP contribution in [0.4, 0.5) is 0 Å².